The maximum absolute atomic E-state index is 12.0. The van der Waals surface area contributed by atoms with Crippen molar-refractivity contribution in [1.29, 1.82) is 0 Å². The van der Waals surface area contributed by atoms with Crippen LogP contribution >= 0.6 is 0 Å². The summed E-state index contributed by atoms with van der Waals surface area (Å²) in [6.45, 7) is 12.1. The normalized spacial score (nSPS) is 23.5. The number of hydrogen-bond acceptors (Lipinski definition) is 2. The number of piperidine rings is 2. The summed E-state index contributed by atoms with van der Waals surface area (Å²) in [7, 11) is 0. The van der Waals surface area contributed by atoms with Gasteiger partial charge in [-0.05, 0) is 63.6 Å². The number of hydrogen-bond donors (Lipinski definition) is 0. The first-order chi connectivity index (χ1) is 9.60. The molecular weight excluding hydrogens is 248 g/mol. The fourth-order valence-corrected chi connectivity index (χ4v) is 3.76. The van der Waals surface area contributed by atoms with Crippen molar-refractivity contribution in [3.8, 4) is 0 Å². The van der Waals surface area contributed by atoms with Crippen molar-refractivity contribution >= 4 is 5.91 Å². The Bertz CT molecular complexity index is 300. The number of likely N-dealkylation sites (tertiary alicyclic amines) is 2. The lowest BCUT2D eigenvalue weighted by atomic mass is 9.82. The predicted molar refractivity (Wildman–Crippen MR) is 83.6 cm³/mol. The molecule has 0 atom stereocenters. The first-order valence-corrected chi connectivity index (χ1v) is 8.61. The van der Waals surface area contributed by atoms with Crippen molar-refractivity contribution in [1.82, 2.24) is 9.80 Å². The molecular formula is C17H32N2O. The smallest absolute Gasteiger partial charge is 0.225 e. The second kappa shape index (κ2) is 7.44. The van der Waals surface area contributed by atoms with Gasteiger partial charge in [-0.15, -0.1) is 0 Å². The van der Waals surface area contributed by atoms with Crippen LogP contribution in [0.4, 0.5) is 0 Å². The molecule has 2 heterocycles. The molecule has 2 aliphatic rings. The molecule has 2 aliphatic heterocycles. The highest BCUT2D eigenvalue weighted by molar-refractivity contribution is 5.78. The monoisotopic (exact) mass is 280 g/mol. The Balaban J connectivity index is 1.68. The van der Waals surface area contributed by atoms with Crippen LogP contribution in [0.2, 0.25) is 0 Å². The van der Waals surface area contributed by atoms with Crippen molar-refractivity contribution in [2.24, 2.45) is 17.8 Å². The van der Waals surface area contributed by atoms with E-state index in [2.05, 4.69) is 16.7 Å². The summed E-state index contributed by atoms with van der Waals surface area (Å²) in [4.78, 5) is 16.6. The van der Waals surface area contributed by atoms with Gasteiger partial charge in [0.25, 0.3) is 0 Å². The second-order valence-corrected chi connectivity index (χ2v) is 7.04. The molecule has 2 rings (SSSR count). The fourth-order valence-electron chi connectivity index (χ4n) is 3.76. The molecule has 3 nitrogen and oxygen atoms in total. The molecule has 0 aromatic carbocycles. The highest BCUT2D eigenvalue weighted by atomic mass is 16.2. The maximum Gasteiger partial charge on any atom is 0.225 e. The van der Waals surface area contributed by atoms with Gasteiger partial charge >= 0.3 is 0 Å². The molecule has 116 valence electrons. The zero-order valence-corrected chi connectivity index (χ0v) is 13.6. The van der Waals surface area contributed by atoms with Gasteiger partial charge in [-0.2, -0.15) is 0 Å². The molecule has 0 aromatic heterocycles. The first kappa shape index (κ1) is 15.8. The zero-order valence-electron chi connectivity index (χ0n) is 13.6. The highest BCUT2D eigenvalue weighted by Crippen LogP contribution is 2.30. The lowest BCUT2D eigenvalue weighted by Crippen LogP contribution is -2.41. The molecule has 0 saturated carbocycles. The minimum absolute atomic E-state index is 0.157. The molecule has 0 N–H and O–H groups in total. The average molecular weight is 280 g/mol. The van der Waals surface area contributed by atoms with Gasteiger partial charge in [0.2, 0.25) is 5.91 Å². The molecule has 0 aliphatic carbocycles. The SMILES string of the molecule is CCN1CCC(CC2CCN(C(=O)C(C)C)CC2)CC1. The third-order valence-corrected chi connectivity index (χ3v) is 5.24. The molecule has 0 aromatic rings. The Hall–Kier alpha value is -0.570. The molecule has 0 radical (unpaired) electrons. The lowest BCUT2D eigenvalue weighted by molar-refractivity contribution is -0.135. The third-order valence-electron chi connectivity index (χ3n) is 5.24. The number of amides is 1. The Morgan fingerprint density at radius 3 is 1.95 bits per heavy atom. The van der Waals surface area contributed by atoms with E-state index in [0.29, 0.717) is 5.91 Å². The fraction of sp³-hybridized carbons (Fsp3) is 0.941. The van der Waals surface area contributed by atoms with Crippen molar-refractivity contribution in [2.75, 3.05) is 32.7 Å². The number of carbonyl (C=O) groups excluding carboxylic acids is 1. The second-order valence-electron chi connectivity index (χ2n) is 7.04. The van der Waals surface area contributed by atoms with Crippen LogP contribution in [0.1, 0.15) is 52.9 Å². The average Bonchev–Trinajstić information content (AvgIpc) is 2.48. The van der Waals surface area contributed by atoms with Gasteiger partial charge in [0.05, 0.1) is 0 Å². The quantitative estimate of drug-likeness (QED) is 0.790. The van der Waals surface area contributed by atoms with E-state index in [1.807, 2.05) is 13.8 Å². The van der Waals surface area contributed by atoms with Crippen molar-refractivity contribution in [3.63, 3.8) is 0 Å². The number of rotatable bonds is 4. The molecule has 1 amide bonds. The summed E-state index contributed by atoms with van der Waals surface area (Å²) < 4.78 is 0. The molecule has 2 fully saturated rings. The van der Waals surface area contributed by atoms with Crippen LogP contribution in [0, 0.1) is 17.8 Å². The minimum atomic E-state index is 0.157. The maximum atomic E-state index is 12.0. The van der Waals surface area contributed by atoms with Crippen LogP contribution in [0.15, 0.2) is 0 Å². The van der Waals surface area contributed by atoms with E-state index >= 15 is 0 Å². The molecule has 0 spiro atoms. The Morgan fingerprint density at radius 1 is 1.00 bits per heavy atom. The molecule has 0 bridgehead atoms. The van der Waals surface area contributed by atoms with Crippen molar-refractivity contribution in [2.45, 2.75) is 52.9 Å². The Morgan fingerprint density at radius 2 is 1.50 bits per heavy atom. The third kappa shape index (κ3) is 4.21. The van der Waals surface area contributed by atoms with Crippen LogP contribution in [-0.4, -0.2) is 48.4 Å². The lowest BCUT2D eigenvalue weighted by Gasteiger charge is -2.37. The summed E-state index contributed by atoms with van der Waals surface area (Å²) in [5.74, 6) is 2.31. The van der Waals surface area contributed by atoms with E-state index in [0.717, 1.165) is 24.9 Å². The van der Waals surface area contributed by atoms with Crippen LogP contribution < -0.4 is 0 Å². The summed E-state index contributed by atoms with van der Waals surface area (Å²) in [6.07, 6.45) is 6.64. The van der Waals surface area contributed by atoms with Gasteiger partial charge in [0.1, 0.15) is 0 Å². The molecule has 2 saturated heterocycles. The number of carbonyl (C=O) groups is 1. The largest absolute Gasteiger partial charge is 0.342 e. The van der Waals surface area contributed by atoms with Crippen molar-refractivity contribution < 1.29 is 4.79 Å². The van der Waals surface area contributed by atoms with Crippen LogP contribution in [0.3, 0.4) is 0 Å². The predicted octanol–water partition coefficient (Wildman–Crippen LogP) is 3.00. The summed E-state index contributed by atoms with van der Waals surface area (Å²) >= 11 is 0. The Labute approximate surface area is 124 Å². The summed E-state index contributed by atoms with van der Waals surface area (Å²) in [5.41, 5.74) is 0. The van der Waals surface area contributed by atoms with Gasteiger partial charge in [0.15, 0.2) is 0 Å². The van der Waals surface area contributed by atoms with E-state index in [9.17, 15) is 4.79 Å². The summed E-state index contributed by atoms with van der Waals surface area (Å²) in [6, 6.07) is 0. The van der Waals surface area contributed by atoms with E-state index < -0.39 is 0 Å². The van der Waals surface area contributed by atoms with E-state index in [4.69, 9.17) is 0 Å². The van der Waals surface area contributed by atoms with Gasteiger partial charge < -0.3 is 9.80 Å². The van der Waals surface area contributed by atoms with Gasteiger partial charge in [-0.1, -0.05) is 20.8 Å². The van der Waals surface area contributed by atoms with Crippen LogP contribution in [0.5, 0.6) is 0 Å². The van der Waals surface area contributed by atoms with E-state index in [-0.39, 0.29) is 5.92 Å². The standard InChI is InChI=1S/C17H32N2O/c1-4-18-9-5-15(6-10-18)13-16-7-11-19(12-8-16)17(20)14(2)3/h14-16H,4-13H2,1-3H3. The van der Waals surface area contributed by atoms with Crippen molar-refractivity contribution in [3.05, 3.63) is 0 Å². The van der Waals surface area contributed by atoms with Gasteiger partial charge in [-0.3, -0.25) is 4.79 Å². The molecule has 20 heavy (non-hydrogen) atoms. The Kier molecular flexibility index (Phi) is 5.88. The molecule has 0 unspecified atom stereocenters. The van der Waals surface area contributed by atoms with Gasteiger partial charge in [-0.25, -0.2) is 0 Å². The van der Waals surface area contributed by atoms with Crippen LogP contribution in [-0.2, 0) is 4.79 Å². The topological polar surface area (TPSA) is 23.6 Å². The molecule has 3 heteroatoms. The zero-order chi connectivity index (χ0) is 14.5. The van der Waals surface area contributed by atoms with Crippen LogP contribution in [0.25, 0.3) is 0 Å². The number of nitrogens with zero attached hydrogens (tertiary/aromatic N) is 2. The van der Waals surface area contributed by atoms with Gasteiger partial charge in [0, 0.05) is 19.0 Å². The van der Waals surface area contributed by atoms with E-state index in [1.54, 1.807) is 0 Å². The van der Waals surface area contributed by atoms with E-state index in [1.165, 1.54) is 51.7 Å². The minimum Gasteiger partial charge on any atom is -0.342 e. The first-order valence-electron chi connectivity index (χ1n) is 8.61. The summed E-state index contributed by atoms with van der Waals surface area (Å²) in [5, 5.41) is 0. The highest BCUT2D eigenvalue weighted by Gasteiger charge is 2.27.